The van der Waals surface area contributed by atoms with Crippen molar-refractivity contribution in [3.8, 4) is 0 Å². The molecule has 1 aromatic rings. The molecule has 2 rings (SSSR count). The van der Waals surface area contributed by atoms with Gasteiger partial charge < -0.3 is 5.32 Å². The summed E-state index contributed by atoms with van der Waals surface area (Å²) in [4.78, 5) is 3.52. The lowest BCUT2D eigenvalue weighted by atomic mass is 10.1. The SMILES string of the molecule is Fc1cc(NC2CCSCC2)ccn1. The van der Waals surface area contributed by atoms with E-state index in [1.165, 1.54) is 23.8 Å². The molecule has 4 heteroatoms. The highest BCUT2D eigenvalue weighted by atomic mass is 32.2. The zero-order valence-corrected chi connectivity index (χ0v) is 8.69. The highest BCUT2D eigenvalue weighted by Crippen LogP contribution is 2.20. The van der Waals surface area contributed by atoms with Crippen LogP contribution in [0.25, 0.3) is 0 Å². The monoisotopic (exact) mass is 212 g/mol. The fraction of sp³-hybridized carbons (Fsp3) is 0.500. The van der Waals surface area contributed by atoms with Crippen molar-refractivity contribution in [1.82, 2.24) is 4.98 Å². The van der Waals surface area contributed by atoms with Crippen molar-refractivity contribution in [2.75, 3.05) is 16.8 Å². The summed E-state index contributed by atoms with van der Waals surface area (Å²) in [6.45, 7) is 0. The number of hydrogen-bond acceptors (Lipinski definition) is 3. The topological polar surface area (TPSA) is 24.9 Å². The molecule has 0 aliphatic carbocycles. The van der Waals surface area contributed by atoms with E-state index in [4.69, 9.17) is 0 Å². The minimum Gasteiger partial charge on any atom is -0.382 e. The molecule has 0 unspecified atom stereocenters. The number of thioether (sulfide) groups is 1. The van der Waals surface area contributed by atoms with Crippen LogP contribution in [0.1, 0.15) is 12.8 Å². The van der Waals surface area contributed by atoms with E-state index in [1.807, 2.05) is 17.8 Å². The Bertz CT molecular complexity index is 300. The van der Waals surface area contributed by atoms with Crippen LogP contribution in [0, 0.1) is 5.95 Å². The molecule has 76 valence electrons. The molecule has 1 aromatic heterocycles. The Kier molecular flexibility index (Phi) is 3.24. The predicted molar refractivity (Wildman–Crippen MR) is 58.2 cm³/mol. The molecule has 14 heavy (non-hydrogen) atoms. The van der Waals surface area contributed by atoms with Crippen LogP contribution >= 0.6 is 11.8 Å². The molecule has 0 radical (unpaired) electrons. The van der Waals surface area contributed by atoms with Crippen LogP contribution in [0.4, 0.5) is 10.1 Å². The number of nitrogens with one attached hydrogen (secondary N) is 1. The van der Waals surface area contributed by atoms with Gasteiger partial charge in [0.25, 0.3) is 0 Å². The average molecular weight is 212 g/mol. The summed E-state index contributed by atoms with van der Waals surface area (Å²) >= 11 is 1.99. The standard InChI is InChI=1S/C10H13FN2S/c11-10-7-9(1-4-12-10)13-8-2-5-14-6-3-8/h1,4,7-8H,2-3,5-6H2,(H,12,13). The molecule has 1 aliphatic heterocycles. The Morgan fingerprint density at radius 2 is 2.21 bits per heavy atom. The van der Waals surface area contributed by atoms with Gasteiger partial charge in [-0.1, -0.05) is 0 Å². The lowest BCUT2D eigenvalue weighted by Crippen LogP contribution is -2.24. The molecule has 0 spiro atoms. The summed E-state index contributed by atoms with van der Waals surface area (Å²) < 4.78 is 12.8. The van der Waals surface area contributed by atoms with Gasteiger partial charge in [-0.15, -0.1) is 0 Å². The minimum absolute atomic E-state index is 0.416. The fourth-order valence-corrected chi connectivity index (χ4v) is 2.68. The smallest absolute Gasteiger partial charge is 0.214 e. The number of aromatic nitrogens is 1. The molecule has 1 saturated heterocycles. The number of hydrogen-bond donors (Lipinski definition) is 1. The maximum Gasteiger partial charge on any atom is 0.214 e. The molecule has 0 atom stereocenters. The van der Waals surface area contributed by atoms with Crippen molar-refractivity contribution in [2.24, 2.45) is 0 Å². The van der Waals surface area contributed by atoms with E-state index in [2.05, 4.69) is 10.3 Å². The number of rotatable bonds is 2. The van der Waals surface area contributed by atoms with Gasteiger partial charge in [-0.25, -0.2) is 4.98 Å². The fourth-order valence-electron chi connectivity index (χ4n) is 1.57. The zero-order valence-electron chi connectivity index (χ0n) is 7.87. The van der Waals surface area contributed by atoms with Gasteiger partial charge in [-0.3, -0.25) is 0 Å². The second-order valence-corrected chi connectivity index (χ2v) is 4.62. The molecule has 1 N–H and O–H groups in total. The molecule has 2 nitrogen and oxygen atoms in total. The van der Waals surface area contributed by atoms with Crippen molar-refractivity contribution in [3.05, 3.63) is 24.3 Å². The molecular weight excluding hydrogens is 199 g/mol. The Morgan fingerprint density at radius 3 is 2.93 bits per heavy atom. The second kappa shape index (κ2) is 4.64. The number of anilines is 1. The third-order valence-corrected chi connectivity index (χ3v) is 3.37. The van der Waals surface area contributed by atoms with Crippen molar-refractivity contribution < 1.29 is 4.39 Å². The Morgan fingerprint density at radius 1 is 1.43 bits per heavy atom. The van der Waals surface area contributed by atoms with Crippen molar-refractivity contribution >= 4 is 17.4 Å². The molecule has 0 aromatic carbocycles. The number of nitrogens with zero attached hydrogens (tertiary/aromatic N) is 1. The van der Waals surface area contributed by atoms with Gasteiger partial charge in [0.2, 0.25) is 5.95 Å². The van der Waals surface area contributed by atoms with E-state index in [9.17, 15) is 4.39 Å². The summed E-state index contributed by atoms with van der Waals surface area (Å²) in [5.74, 6) is 1.98. The first kappa shape index (κ1) is 9.77. The maximum absolute atomic E-state index is 12.8. The summed E-state index contributed by atoms with van der Waals surface area (Å²) in [5, 5.41) is 3.33. The lowest BCUT2D eigenvalue weighted by Gasteiger charge is -2.23. The van der Waals surface area contributed by atoms with Gasteiger partial charge in [0.15, 0.2) is 0 Å². The summed E-state index contributed by atoms with van der Waals surface area (Å²) in [7, 11) is 0. The first-order valence-corrected chi connectivity index (χ1v) is 5.96. The largest absolute Gasteiger partial charge is 0.382 e. The van der Waals surface area contributed by atoms with Crippen LogP contribution in [0.2, 0.25) is 0 Å². The average Bonchev–Trinajstić information content (AvgIpc) is 2.19. The summed E-state index contributed by atoms with van der Waals surface area (Å²) in [6, 6.07) is 3.75. The van der Waals surface area contributed by atoms with Crippen LogP contribution in [-0.2, 0) is 0 Å². The van der Waals surface area contributed by atoms with Crippen LogP contribution in [0.5, 0.6) is 0 Å². The molecule has 2 heterocycles. The second-order valence-electron chi connectivity index (χ2n) is 3.40. The maximum atomic E-state index is 12.8. The van der Waals surface area contributed by atoms with Crippen molar-refractivity contribution in [2.45, 2.75) is 18.9 Å². The van der Waals surface area contributed by atoms with E-state index in [-0.39, 0.29) is 0 Å². The van der Waals surface area contributed by atoms with Crippen LogP contribution < -0.4 is 5.32 Å². The van der Waals surface area contributed by atoms with E-state index < -0.39 is 5.95 Å². The van der Waals surface area contributed by atoms with Gasteiger partial charge in [-0.2, -0.15) is 16.2 Å². The third kappa shape index (κ3) is 2.61. The predicted octanol–water partition coefficient (Wildman–Crippen LogP) is 2.53. The van der Waals surface area contributed by atoms with E-state index in [0.29, 0.717) is 6.04 Å². The normalized spacial score (nSPS) is 18.1. The van der Waals surface area contributed by atoms with Gasteiger partial charge in [0.1, 0.15) is 0 Å². The van der Waals surface area contributed by atoms with E-state index in [0.717, 1.165) is 18.5 Å². The first-order chi connectivity index (χ1) is 6.84. The van der Waals surface area contributed by atoms with Crippen LogP contribution in [0.15, 0.2) is 18.3 Å². The zero-order chi connectivity index (χ0) is 9.80. The Hall–Kier alpha value is -0.770. The van der Waals surface area contributed by atoms with Gasteiger partial charge >= 0.3 is 0 Å². The molecule has 1 aliphatic rings. The molecular formula is C10H13FN2S. The number of halogens is 1. The van der Waals surface area contributed by atoms with Crippen molar-refractivity contribution in [3.63, 3.8) is 0 Å². The highest BCUT2D eigenvalue weighted by molar-refractivity contribution is 7.99. The third-order valence-electron chi connectivity index (χ3n) is 2.32. The Labute approximate surface area is 87.3 Å². The Balaban J connectivity index is 1.95. The van der Waals surface area contributed by atoms with Gasteiger partial charge in [0, 0.05) is 24.0 Å². The van der Waals surface area contributed by atoms with Gasteiger partial charge in [0.05, 0.1) is 0 Å². The van der Waals surface area contributed by atoms with E-state index >= 15 is 0 Å². The summed E-state index contributed by atoms with van der Waals surface area (Å²) in [5.41, 5.74) is 0.842. The molecule has 0 saturated carbocycles. The van der Waals surface area contributed by atoms with Crippen LogP contribution in [-0.4, -0.2) is 22.5 Å². The molecule has 0 amide bonds. The molecule has 1 fully saturated rings. The van der Waals surface area contributed by atoms with Crippen molar-refractivity contribution in [1.29, 1.82) is 0 Å². The summed E-state index contributed by atoms with van der Waals surface area (Å²) in [6.07, 6.45) is 3.82. The van der Waals surface area contributed by atoms with E-state index in [1.54, 1.807) is 0 Å². The van der Waals surface area contributed by atoms with Crippen LogP contribution in [0.3, 0.4) is 0 Å². The lowest BCUT2D eigenvalue weighted by molar-refractivity contribution is 0.583. The highest BCUT2D eigenvalue weighted by Gasteiger charge is 2.13. The van der Waals surface area contributed by atoms with Gasteiger partial charge in [-0.05, 0) is 30.4 Å². The quantitative estimate of drug-likeness (QED) is 0.762. The first-order valence-electron chi connectivity index (χ1n) is 4.80. The minimum atomic E-state index is -0.416. The number of pyridine rings is 1. The molecule has 0 bridgehead atoms.